The Bertz CT molecular complexity index is 896. The van der Waals surface area contributed by atoms with E-state index in [2.05, 4.69) is 17.8 Å². The van der Waals surface area contributed by atoms with Crippen molar-refractivity contribution in [3.8, 4) is 18.1 Å². The fourth-order valence-electron chi connectivity index (χ4n) is 2.56. The normalized spacial score (nSPS) is 16.7. The van der Waals surface area contributed by atoms with Gasteiger partial charge in [0.2, 0.25) is 0 Å². The average molecular weight is 376 g/mol. The third kappa shape index (κ3) is 4.81. The molecular weight excluding hydrogens is 356 g/mol. The summed E-state index contributed by atoms with van der Waals surface area (Å²) in [5.74, 6) is 3.13. The molecule has 1 aliphatic heterocycles. The first-order chi connectivity index (χ1) is 13.2. The Morgan fingerprint density at radius 1 is 1.19 bits per heavy atom. The average Bonchev–Trinajstić information content (AvgIpc) is 2.97. The molecular formula is C22H20N2O2S. The van der Waals surface area contributed by atoms with Crippen LogP contribution in [0.5, 0.6) is 5.75 Å². The Morgan fingerprint density at radius 2 is 1.93 bits per heavy atom. The number of aliphatic imine (C=N–C) groups is 1. The summed E-state index contributed by atoms with van der Waals surface area (Å²) in [5, 5.41) is 0.716. The molecule has 4 nitrogen and oxygen atoms in total. The van der Waals surface area contributed by atoms with Crippen molar-refractivity contribution in [3.05, 3.63) is 65.1 Å². The van der Waals surface area contributed by atoms with E-state index in [1.54, 1.807) is 4.90 Å². The van der Waals surface area contributed by atoms with Crippen molar-refractivity contribution in [2.24, 2.45) is 4.99 Å². The second-order valence-corrected chi connectivity index (χ2v) is 6.87. The summed E-state index contributed by atoms with van der Waals surface area (Å²) in [6.07, 6.45) is 7.95. The molecule has 1 heterocycles. The fourth-order valence-corrected chi connectivity index (χ4v) is 3.59. The van der Waals surface area contributed by atoms with Gasteiger partial charge < -0.3 is 4.74 Å². The van der Waals surface area contributed by atoms with E-state index in [1.807, 2.05) is 60.7 Å². The standard InChI is InChI=1S/C22H20N2O2S/c1-3-14-24-21(25)20(27-22(24)23-18-8-6-5-7-9-18)16-17-10-12-19(13-11-17)26-15-4-2/h2,5-13,16H,3,14-15H2,1H3/b20-16+,23-22?. The van der Waals surface area contributed by atoms with E-state index in [9.17, 15) is 4.79 Å². The lowest BCUT2D eigenvalue weighted by molar-refractivity contribution is -0.122. The van der Waals surface area contributed by atoms with Gasteiger partial charge in [0, 0.05) is 6.54 Å². The summed E-state index contributed by atoms with van der Waals surface area (Å²) in [6.45, 7) is 2.93. The molecule has 0 radical (unpaired) electrons. The zero-order valence-corrected chi connectivity index (χ0v) is 15.9. The van der Waals surface area contributed by atoms with Gasteiger partial charge >= 0.3 is 0 Å². The molecule has 0 aliphatic carbocycles. The number of thioether (sulfide) groups is 1. The van der Waals surface area contributed by atoms with Crippen molar-refractivity contribution in [3.63, 3.8) is 0 Å². The van der Waals surface area contributed by atoms with E-state index in [4.69, 9.17) is 11.2 Å². The maximum Gasteiger partial charge on any atom is 0.266 e. The van der Waals surface area contributed by atoms with Gasteiger partial charge in [0.25, 0.3) is 5.91 Å². The van der Waals surface area contributed by atoms with Gasteiger partial charge in [-0.05, 0) is 54.1 Å². The highest BCUT2D eigenvalue weighted by Gasteiger charge is 2.32. The lowest BCUT2D eigenvalue weighted by Crippen LogP contribution is -2.29. The van der Waals surface area contributed by atoms with Crippen LogP contribution in [0.25, 0.3) is 6.08 Å². The number of amidine groups is 1. The highest BCUT2D eigenvalue weighted by atomic mass is 32.2. The van der Waals surface area contributed by atoms with Crippen LogP contribution in [0.4, 0.5) is 5.69 Å². The summed E-state index contributed by atoms with van der Waals surface area (Å²) in [4.78, 5) is 19.9. The number of benzene rings is 2. The monoisotopic (exact) mass is 376 g/mol. The van der Waals surface area contributed by atoms with E-state index in [0.29, 0.717) is 22.4 Å². The van der Waals surface area contributed by atoms with E-state index >= 15 is 0 Å². The summed E-state index contributed by atoms with van der Waals surface area (Å²) >= 11 is 1.40. The summed E-state index contributed by atoms with van der Waals surface area (Å²) in [5.41, 5.74) is 1.77. The van der Waals surface area contributed by atoms with Crippen molar-refractivity contribution in [2.45, 2.75) is 13.3 Å². The van der Waals surface area contributed by atoms with Gasteiger partial charge in [-0.2, -0.15) is 0 Å². The molecule has 1 amide bonds. The molecule has 1 aliphatic rings. The minimum atomic E-state index is -0.0100. The van der Waals surface area contributed by atoms with Crippen LogP contribution in [0.1, 0.15) is 18.9 Å². The van der Waals surface area contributed by atoms with Crippen LogP contribution in [0.2, 0.25) is 0 Å². The molecule has 0 aromatic heterocycles. The topological polar surface area (TPSA) is 41.9 Å². The van der Waals surface area contributed by atoms with E-state index in [0.717, 1.165) is 17.7 Å². The first-order valence-corrected chi connectivity index (χ1v) is 9.54. The lowest BCUT2D eigenvalue weighted by atomic mass is 10.2. The first kappa shape index (κ1) is 18.8. The zero-order valence-electron chi connectivity index (χ0n) is 15.1. The molecule has 2 aromatic carbocycles. The number of carbonyl (C=O) groups excluding carboxylic acids is 1. The van der Waals surface area contributed by atoms with Crippen LogP contribution in [0.3, 0.4) is 0 Å². The molecule has 27 heavy (non-hydrogen) atoms. The number of nitrogens with zero attached hydrogens (tertiary/aromatic N) is 2. The SMILES string of the molecule is C#CCOc1ccc(/C=C2/SC(=Nc3ccccc3)N(CCC)C2=O)cc1. The predicted molar refractivity (Wildman–Crippen MR) is 112 cm³/mol. The Kier molecular flexibility index (Phi) is 6.35. The number of hydrogen-bond donors (Lipinski definition) is 0. The van der Waals surface area contributed by atoms with Gasteiger partial charge in [-0.15, -0.1) is 6.42 Å². The molecule has 0 spiro atoms. The van der Waals surface area contributed by atoms with E-state index in [-0.39, 0.29) is 12.5 Å². The Labute approximate surface area is 163 Å². The lowest BCUT2D eigenvalue weighted by Gasteiger charge is -2.13. The van der Waals surface area contributed by atoms with Gasteiger partial charge in [-0.25, -0.2) is 4.99 Å². The third-order valence-corrected chi connectivity index (χ3v) is 4.82. The van der Waals surface area contributed by atoms with E-state index < -0.39 is 0 Å². The van der Waals surface area contributed by atoms with E-state index in [1.165, 1.54) is 11.8 Å². The number of rotatable bonds is 6. The maximum atomic E-state index is 12.8. The minimum Gasteiger partial charge on any atom is -0.481 e. The largest absolute Gasteiger partial charge is 0.481 e. The maximum absolute atomic E-state index is 12.8. The van der Waals surface area contributed by atoms with Crippen molar-refractivity contribution >= 4 is 34.6 Å². The van der Waals surface area contributed by atoms with Crippen molar-refractivity contribution in [1.82, 2.24) is 4.90 Å². The molecule has 0 saturated carbocycles. The van der Waals surface area contributed by atoms with Crippen LogP contribution in [-0.2, 0) is 4.79 Å². The van der Waals surface area contributed by atoms with Crippen LogP contribution < -0.4 is 4.74 Å². The molecule has 2 aromatic rings. The first-order valence-electron chi connectivity index (χ1n) is 8.72. The number of hydrogen-bond acceptors (Lipinski definition) is 4. The predicted octanol–water partition coefficient (Wildman–Crippen LogP) is 4.71. The van der Waals surface area contributed by atoms with Gasteiger partial charge in [0.15, 0.2) is 5.17 Å². The number of ether oxygens (including phenoxy) is 1. The van der Waals surface area contributed by atoms with Gasteiger partial charge in [-0.1, -0.05) is 43.2 Å². The number of carbonyl (C=O) groups is 1. The van der Waals surface area contributed by atoms with Gasteiger partial charge in [0.1, 0.15) is 12.4 Å². The molecule has 5 heteroatoms. The Balaban J connectivity index is 1.83. The third-order valence-electron chi connectivity index (χ3n) is 3.82. The molecule has 0 atom stereocenters. The molecule has 0 bridgehead atoms. The molecule has 3 rings (SSSR count). The molecule has 0 N–H and O–H groups in total. The number of terminal acetylenes is 1. The number of amides is 1. The second kappa shape index (κ2) is 9.11. The van der Waals surface area contributed by atoms with Crippen LogP contribution >= 0.6 is 11.8 Å². The minimum absolute atomic E-state index is 0.0100. The van der Waals surface area contributed by atoms with Crippen LogP contribution in [0.15, 0.2) is 64.5 Å². The summed E-state index contributed by atoms with van der Waals surface area (Å²) in [6, 6.07) is 17.2. The zero-order chi connectivity index (χ0) is 19.1. The quantitative estimate of drug-likeness (QED) is 0.541. The Hall–Kier alpha value is -2.97. The van der Waals surface area contributed by atoms with Crippen molar-refractivity contribution in [2.75, 3.05) is 13.2 Å². The summed E-state index contributed by atoms with van der Waals surface area (Å²) in [7, 11) is 0. The number of para-hydroxylation sites is 1. The van der Waals surface area contributed by atoms with Crippen molar-refractivity contribution < 1.29 is 9.53 Å². The molecule has 0 unspecified atom stereocenters. The summed E-state index contributed by atoms with van der Waals surface area (Å²) < 4.78 is 5.38. The van der Waals surface area contributed by atoms with Gasteiger partial charge in [-0.3, -0.25) is 9.69 Å². The van der Waals surface area contributed by atoms with Crippen LogP contribution in [-0.4, -0.2) is 29.1 Å². The fraction of sp³-hybridized carbons (Fsp3) is 0.182. The van der Waals surface area contributed by atoms with Crippen LogP contribution in [0, 0.1) is 12.3 Å². The molecule has 136 valence electrons. The molecule has 1 saturated heterocycles. The Morgan fingerprint density at radius 3 is 2.59 bits per heavy atom. The molecule has 1 fully saturated rings. The highest BCUT2D eigenvalue weighted by molar-refractivity contribution is 8.18. The van der Waals surface area contributed by atoms with Gasteiger partial charge in [0.05, 0.1) is 10.6 Å². The second-order valence-electron chi connectivity index (χ2n) is 5.86. The smallest absolute Gasteiger partial charge is 0.266 e. The van der Waals surface area contributed by atoms with Crippen molar-refractivity contribution in [1.29, 1.82) is 0 Å². The highest BCUT2D eigenvalue weighted by Crippen LogP contribution is 2.34.